The number of hydrogen-bond donors (Lipinski definition) is 3. The van der Waals surface area contributed by atoms with E-state index in [2.05, 4.69) is 10.6 Å². The molecule has 3 N–H and O–H groups in total. The molecule has 1 fully saturated rings. The molecule has 20 heavy (non-hydrogen) atoms. The van der Waals surface area contributed by atoms with Gasteiger partial charge in [0.2, 0.25) is 5.91 Å². The van der Waals surface area contributed by atoms with Gasteiger partial charge < -0.3 is 20.5 Å². The maximum atomic E-state index is 11.8. The number of nitrogens with one attached hydrogen (secondary N) is 2. The summed E-state index contributed by atoms with van der Waals surface area (Å²) in [5.74, 6) is -0.0927. The average Bonchev–Trinajstić information content (AvgIpc) is 2.46. The molecule has 1 amide bonds. The van der Waals surface area contributed by atoms with Crippen LogP contribution in [0.2, 0.25) is 0 Å². The third-order valence-electron chi connectivity index (χ3n) is 3.37. The van der Waals surface area contributed by atoms with E-state index in [4.69, 9.17) is 4.74 Å². The quantitative estimate of drug-likeness (QED) is 0.734. The number of aryl methyl sites for hydroxylation is 1. The standard InChI is InChI=1S/C15H22N2O3/c1-11-2-4-12(5-3-11)14(18)10-17-15(19)8-13-9-16-6-7-20-13/h2-5,13-14,16,18H,6-10H2,1H3,(H,17,19). The molecule has 0 aliphatic carbocycles. The highest BCUT2D eigenvalue weighted by Crippen LogP contribution is 2.12. The van der Waals surface area contributed by atoms with E-state index < -0.39 is 6.10 Å². The second kappa shape index (κ2) is 7.38. The number of rotatable bonds is 5. The van der Waals surface area contributed by atoms with Crippen LogP contribution in [0, 0.1) is 6.92 Å². The highest BCUT2D eigenvalue weighted by Gasteiger charge is 2.18. The van der Waals surface area contributed by atoms with Gasteiger partial charge >= 0.3 is 0 Å². The summed E-state index contributed by atoms with van der Waals surface area (Å²) in [4.78, 5) is 11.8. The van der Waals surface area contributed by atoms with Crippen LogP contribution >= 0.6 is 0 Å². The molecule has 0 saturated carbocycles. The zero-order valence-electron chi connectivity index (χ0n) is 11.8. The summed E-state index contributed by atoms with van der Waals surface area (Å²) in [5, 5.41) is 15.9. The van der Waals surface area contributed by atoms with Crippen molar-refractivity contribution in [2.45, 2.75) is 25.6 Å². The first-order chi connectivity index (χ1) is 9.65. The molecule has 1 saturated heterocycles. The first-order valence-electron chi connectivity index (χ1n) is 6.99. The number of carbonyl (C=O) groups is 1. The Labute approximate surface area is 119 Å². The minimum atomic E-state index is -0.676. The van der Waals surface area contributed by atoms with Crippen LogP contribution in [0.25, 0.3) is 0 Å². The second-order valence-corrected chi connectivity index (χ2v) is 5.13. The summed E-state index contributed by atoms with van der Waals surface area (Å²) >= 11 is 0. The molecule has 1 aromatic rings. The van der Waals surface area contributed by atoms with Gasteiger partial charge in [-0.15, -0.1) is 0 Å². The lowest BCUT2D eigenvalue weighted by Crippen LogP contribution is -2.41. The third kappa shape index (κ3) is 4.59. The number of aliphatic hydroxyl groups is 1. The smallest absolute Gasteiger partial charge is 0.222 e. The topological polar surface area (TPSA) is 70.6 Å². The maximum absolute atomic E-state index is 11.8. The summed E-state index contributed by atoms with van der Waals surface area (Å²) in [6.45, 7) is 4.40. The van der Waals surface area contributed by atoms with E-state index in [1.165, 1.54) is 0 Å². The van der Waals surface area contributed by atoms with Crippen molar-refractivity contribution < 1.29 is 14.6 Å². The van der Waals surface area contributed by atoms with Gasteiger partial charge in [-0.25, -0.2) is 0 Å². The van der Waals surface area contributed by atoms with E-state index in [0.717, 1.165) is 17.7 Å². The van der Waals surface area contributed by atoms with Gasteiger partial charge in [0.25, 0.3) is 0 Å². The van der Waals surface area contributed by atoms with E-state index >= 15 is 0 Å². The molecule has 5 heteroatoms. The number of hydrogen-bond acceptors (Lipinski definition) is 4. The molecule has 5 nitrogen and oxygen atoms in total. The summed E-state index contributed by atoms with van der Waals surface area (Å²) < 4.78 is 5.47. The fraction of sp³-hybridized carbons (Fsp3) is 0.533. The van der Waals surface area contributed by atoms with Gasteiger partial charge in [-0.2, -0.15) is 0 Å². The molecule has 0 spiro atoms. The Kier molecular flexibility index (Phi) is 5.52. The van der Waals surface area contributed by atoms with Gasteiger partial charge in [-0.05, 0) is 12.5 Å². The number of ether oxygens (including phenoxy) is 1. The van der Waals surface area contributed by atoms with Crippen molar-refractivity contribution in [1.82, 2.24) is 10.6 Å². The fourth-order valence-corrected chi connectivity index (χ4v) is 2.15. The van der Waals surface area contributed by atoms with Crippen molar-refractivity contribution in [2.75, 3.05) is 26.2 Å². The Morgan fingerprint density at radius 1 is 1.50 bits per heavy atom. The van der Waals surface area contributed by atoms with E-state index in [1.807, 2.05) is 31.2 Å². The Bertz CT molecular complexity index is 427. The van der Waals surface area contributed by atoms with Crippen molar-refractivity contribution in [3.63, 3.8) is 0 Å². The lowest BCUT2D eigenvalue weighted by Gasteiger charge is -2.23. The lowest BCUT2D eigenvalue weighted by atomic mass is 10.1. The van der Waals surface area contributed by atoms with Crippen molar-refractivity contribution in [3.8, 4) is 0 Å². The molecule has 110 valence electrons. The van der Waals surface area contributed by atoms with Crippen LogP contribution in [0.1, 0.15) is 23.7 Å². The Morgan fingerprint density at radius 2 is 2.25 bits per heavy atom. The molecule has 2 rings (SSSR count). The van der Waals surface area contributed by atoms with Gasteiger partial charge in [-0.1, -0.05) is 29.8 Å². The van der Waals surface area contributed by atoms with E-state index in [9.17, 15) is 9.90 Å². The zero-order valence-corrected chi connectivity index (χ0v) is 11.8. The lowest BCUT2D eigenvalue weighted by molar-refractivity contribution is -0.124. The Hall–Kier alpha value is -1.43. The molecule has 2 atom stereocenters. The predicted molar refractivity (Wildman–Crippen MR) is 76.4 cm³/mol. The summed E-state index contributed by atoms with van der Waals surface area (Å²) in [6, 6.07) is 7.64. The van der Waals surface area contributed by atoms with Crippen LogP contribution in [0.3, 0.4) is 0 Å². The minimum absolute atomic E-state index is 0.0692. The van der Waals surface area contributed by atoms with Gasteiger partial charge in [0.05, 0.1) is 25.2 Å². The van der Waals surface area contributed by atoms with Gasteiger partial charge in [0.15, 0.2) is 0 Å². The minimum Gasteiger partial charge on any atom is -0.387 e. The summed E-state index contributed by atoms with van der Waals surface area (Å²) in [6.07, 6.45) is -0.418. The van der Waals surface area contributed by atoms with Crippen molar-refractivity contribution in [2.24, 2.45) is 0 Å². The number of carbonyl (C=O) groups excluding carboxylic acids is 1. The van der Waals surface area contributed by atoms with Crippen molar-refractivity contribution in [1.29, 1.82) is 0 Å². The monoisotopic (exact) mass is 278 g/mol. The van der Waals surface area contributed by atoms with Crippen LogP contribution in [0.15, 0.2) is 24.3 Å². The zero-order chi connectivity index (χ0) is 14.4. The third-order valence-corrected chi connectivity index (χ3v) is 3.37. The Morgan fingerprint density at radius 3 is 2.90 bits per heavy atom. The van der Waals surface area contributed by atoms with Crippen molar-refractivity contribution >= 4 is 5.91 Å². The first kappa shape index (κ1) is 15.0. The van der Waals surface area contributed by atoms with Gasteiger partial charge in [-0.3, -0.25) is 4.79 Å². The number of benzene rings is 1. The van der Waals surface area contributed by atoms with Crippen LogP contribution < -0.4 is 10.6 Å². The SMILES string of the molecule is Cc1ccc(C(O)CNC(=O)CC2CNCCO2)cc1. The fourth-order valence-electron chi connectivity index (χ4n) is 2.15. The van der Waals surface area contributed by atoms with E-state index in [1.54, 1.807) is 0 Å². The van der Waals surface area contributed by atoms with Crippen molar-refractivity contribution in [3.05, 3.63) is 35.4 Å². The van der Waals surface area contributed by atoms with Gasteiger partial charge in [0, 0.05) is 19.6 Å². The average molecular weight is 278 g/mol. The van der Waals surface area contributed by atoms with Crippen LogP contribution in [-0.4, -0.2) is 43.4 Å². The number of amides is 1. The first-order valence-corrected chi connectivity index (χ1v) is 6.99. The van der Waals surface area contributed by atoms with Crippen LogP contribution in [0.4, 0.5) is 0 Å². The molecule has 1 aliphatic heterocycles. The molecule has 0 radical (unpaired) electrons. The highest BCUT2D eigenvalue weighted by molar-refractivity contribution is 5.76. The normalized spacial score (nSPS) is 20.4. The van der Waals surface area contributed by atoms with Crippen LogP contribution in [-0.2, 0) is 9.53 Å². The molecule has 0 bridgehead atoms. The second-order valence-electron chi connectivity index (χ2n) is 5.13. The molecular formula is C15H22N2O3. The number of aliphatic hydroxyl groups excluding tert-OH is 1. The maximum Gasteiger partial charge on any atom is 0.222 e. The predicted octanol–water partition coefficient (Wildman–Crippen LogP) is 0.523. The molecule has 1 aliphatic rings. The largest absolute Gasteiger partial charge is 0.387 e. The summed E-state index contributed by atoms with van der Waals surface area (Å²) in [7, 11) is 0. The van der Waals surface area contributed by atoms with Gasteiger partial charge in [0.1, 0.15) is 0 Å². The number of morpholine rings is 1. The molecule has 0 aromatic heterocycles. The molecule has 1 aromatic carbocycles. The highest BCUT2D eigenvalue weighted by atomic mass is 16.5. The van der Waals surface area contributed by atoms with E-state index in [-0.39, 0.29) is 18.6 Å². The molecular weight excluding hydrogens is 256 g/mol. The van der Waals surface area contributed by atoms with E-state index in [0.29, 0.717) is 19.6 Å². The van der Waals surface area contributed by atoms with Crippen LogP contribution in [0.5, 0.6) is 0 Å². The molecule has 2 unspecified atom stereocenters. The Balaban J connectivity index is 1.73. The molecule has 1 heterocycles. The summed E-state index contributed by atoms with van der Waals surface area (Å²) in [5.41, 5.74) is 1.96.